The summed E-state index contributed by atoms with van der Waals surface area (Å²) in [5.41, 5.74) is 2.31. The maximum absolute atomic E-state index is 12.9. The lowest BCUT2D eigenvalue weighted by atomic mass is 9.97. The van der Waals surface area contributed by atoms with E-state index < -0.39 is 0 Å². The van der Waals surface area contributed by atoms with Gasteiger partial charge in [0.05, 0.1) is 23.2 Å². The van der Waals surface area contributed by atoms with Crippen LogP contribution < -0.4 is 4.74 Å². The molecule has 0 bridgehead atoms. The third-order valence-electron chi connectivity index (χ3n) is 5.49. The number of piperidine rings is 1. The van der Waals surface area contributed by atoms with Crippen LogP contribution in [0.15, 0.2) is 47.8 Å². The minimum absolute atomic E-state index is 0.0236. The van der Waals surface area contributed by atoms with Crippen molar-refractivity contribution in [2.75, 3.05) is 20.2 Å². The highest BCUT2D eigenvalue weighted by Gasteiger charge is 2.28. The van der Waals surface area contributed by atoms with Gasteiger partial charge in [-0.2, -0.15) is 5.10 Å². The number of para-hydroxylation sites is 1. The zero-order valence-electron chi connectivity index (χ0n) is 16.9. The van der Waals surface area contributed by atoms with Gasteiger partial charge in [-0.3, -0.25) is 9.89 Å². The number of ether oxygens (including phenoxy) is 1. The Morgan fingerprint density at radius 3 is 2.77 bits per heavy atom. The van der Waals surface area contributed by atoms with Crippen LogP contribution in [0.2, 0.25) is 0 Å². The topological polar surface area (TPSA) is 84.0 Å². The highest BCUT2D eigenvalue weighted by Crippen LogP contribution is 2.36. The number of nitrogens with one attached hydrogen (secondary N) is 1. The van der Waals surface area contributed by atoms with Crippen molar-refractivity contribution in [1.29, 1.82) is 0 Å². The van der Waals surface area contributed by atoms with Crippen LogP contribution in [0, 0.1) is 0 Å². The summed E-state index contributed by atoms with van der Waals surface area (Å²) < 4.78 is 5.45. The molecule has 1 amide bonds. The van der Waals surface area contributed by atoms with E-state index in [4.69, 9.17) is 4.74 Å². The zero-order chi connectivity index (χ0) is 21.2. The number of likely N-dealkylation sites (tertiary alicyclic amines) is 1. The maximum Gasteiger partial charge on any atom is 0.274 e. The Bertz CT molecular complexity index is 1180. The van der Waals surface area contributed by atoms with E-state index in [-0.39, 0.29) is 5.91 Å². The smallest absolute Gasteiger partial charge is 0.274 e. The van der Waals surface area contributed by atoms with Crippen LogP contribution in [-0.2, 0) is 0 Å². The third kappa shape index (κ3) is 3.98. The molecule has 158 valence electrons. The molecule has 1 aliphatic rings. The van der Waals surface area contributed by atoms with Crippen LogP contribution in [0.1, 0.15) is 34.3 Å². The van der Waals surface area contributed by atoms with Crippen molar-refractivity contribution in [3.8, 4) is 26.9 Å². The average molecular weight is 452 g/mol. The van der Waals surface area contributed by atoms with Gasteiger partial charge in [-0.1, -0.05) is 29.5 Å². The number of carbonyl (C=O) groups excluding carboxylic acids is 1. The number of aromatic amines is 1. The van der Waals surface area contributed by atoms with Crippen molar-refractivity contribution >= 4 is 28.6 Å². The van der Waals surface area contributed by atoms with E-state index in [1.165, 1.54) is 0 Å². The number of carbonyl (C=O) groups is 1. The molecular weight excluding hydrogens is 430 g/mol. The molecule has 1 aromatic carbocycles. The second kappa shape index (κ2) is 8.60. The number of nitrogens with zero attached hydrogens (tertiary/aromatic N) is 4. The van der Waals surface area contributed by atoms with Gasteiger partial charge in [0, 0.05) is 19.0 Å². The first-order valence-corrected chi connectivity index (χ1v) is 11.8. The highest BCUT2D eigenvalue weighted by molar-refractivity contribution is 7.14. The Morgan fingerprint density at radius 2 is 2.00 bits per heavy atom. The summed E-state index contributed by atoms with van der Waals surface area (Å²) in [6, 6.07) is 13.7. The fourth-order valence-corrected chi connectivity index (χ4v) is 5.55. The van der Waals surface area contributed by atoms with E-state index in [1.807, 2.05) is 52.7 Å². The van der Waals surface area contributed by atoms with Crippen LogP contribution in [0.25, 0.3) is 21.1 Å². The second-order valence-electron chi connectivity index (χ2n) is 7.36. The lowest BCUT2D eigenvalue weighted by Crippen LogP contribution is -2.38. The Labute approximate surface area is 187 Å². The largest absolute Gasteiger partial charge is 0.496 e. The molecular formula is C22H21N5O2S2. The molecule has 0 saturated carbocycles. The SMILES string of the molecule is COc1ccccc1-c1nnc(C2CCN(C(=O)c3cc(-c4cccs4)[nH]n3)CC2)s1. The zero-order valence-corrected chi connectivity index (χ0v) is 18.6. The first kappa shape index (κ1) is 19.9. The van der Waals surface area contributed by atoms with Crippen LogP contribution in [0.5, 0.6) is 5.75 Å². The molecule has 31 heavy (non-hydrogen) atoms. The molecule has 3 aromatic heterocycles. The van der Waals surface area contributed by atoms with E-state index in [0.717, 1.165) is 44.7 Å². The van der Waals surface area contributed by atoms with Crippen LogP contribution in [-0.4, -0.2) is 51.4 Å². The van der Waals surface area contributed by atoms with Gasteiger partial charge in [0.2, 0.25) is 0 Å². The van der Waals surface area contributed by atoms with Crippen LogP contribution >= 0.6 is 22.7 Å². The molecule has 1 fully saturated rings. The van der Waals surface area contributed by atoms with Crippen molar-refractivity contribution < 1.29 is 9.53 Å². The quantitative estimate of drug-likeness (QED) is 0.476. The number of hydrogen-bond donors (Lipinski definition) is 1. The molecule has 0 spiro atoms. The molecule has 5 rings (SSSR count). The standard InChI is InChI=1S/C22H21N5O2S2/c1-29-18-6-3-2-5-15(18)21-26-25-20(31-21)14-8-10-27(11-9-14)22(28)17-13-16(23-24-17)19-7-4-12-30-19/h2-7,12-14H,8-11H2,1H3,(H,23,24). The van der Waals surface area contributed by atoms with Crippen molar-refractivity contribution in [3.05, 3.63) is 58.5 Å². The number of amides is 1. The second-order valence-corrected chi connectivity index (χ2v) is 9.31. The number of H-pyrrole nitrogens is 1. The first-order valence-electron chi connectivity index (χ1n) is 10.1. The van der Waals surface area contributed by atoms with Crippen LogP contribution in [0.4, 0.5) is 0 Å². The van der Waals surface area contributed by atoms with E-state index in [2.05, 4.69) is 20.4 Å². The van der Waals surface area contributed by atoms with Crippen LogP contribution in [0.3, 0.4) is 0 Å². The number of benzene rings is 1. The van der Waals surface area contributed by atoms with Gasteiger partial charge in [0.15, 0.2) is 10.7 Å². The monoisotopic (exact) mass is 451 g/mol. The molecule has 7 nitrogen and oxygen atoms in total. The number of hydrogen-bond acceptors (Lipinski definition) is 7. The summed E-state index contributed by atoms with van der Waals surface area (Å²) in [6.07, 6.45) is 1.74. The molecule has 1 saturated heterocycles. The Morgan fingerprint density at radius 1 is 1.16 bits per heavy atom. The summed E-state index contributed by atoms with van der Waals surface area (Å²) in [6.45, 7) is 1.38. The van der Waals surface area contributed by atoms with Gasteiger partial charge in [0.1, 0.15) is 10.8 Å². The molecule has 0 atom stereocenters. The molecule has 1 aliphatic heterocycles. The summed E-state index contributed by atoms with van der Waals surface area (Å²) in [4.78, 5) is 15.9. The van der Waals surface area contributed by atoms with Gasteiger partial charge in [-0.25, -0.2) is 0 Å². The summed E-state index contributed by atoms with van der Waals surface area (Å²) in [5, 5.41) is 19.9. The minimum Gasteiger partial charge on any atom is -0.496 e. The number of aromatic nitrogens is 4. The van der Waals surface area contributed by atoms with E-state index in [1.54, 1.807) is 29.8 Å². The number of rotatable bonds is 5. The van der Waals surface area contributed by atoms with E-state index in [0.29, 0.717) is 24.7 Å². The fraction of sp³-hybridized carbons (Fsp3) is 0.273. The summed E-state index contributed by atoms with van der Waals surface area (Å²) in [5.74, 6) is 1.09. The van der Waals surface area contributed by atoms with Crippen molar-refractivity contribution in [2.24, 2.45) is 0 Å². The van der Waals surface area contributed by atoms with Gasteiger partial charge in [-0.15, -0.1) is 21.5 Å². The number of thiophene rings is 1. The summed E-state index contributed by atoms with van der Waals surface area (Å²) in [7, 11) is 1.66. The Balaban J connectivity index is 1.24. The lowest BCUT2D eigenvalue weighted by molar-refractivity contribution is 0.0707. The average Bonchev–Trinajstić information content (AvgIpc) is 3.60. The molecule has 0 radical (unpaired) electrons. The molecule has 0 aliphatic carbocycles. The Kier molecular flexibility index (Phi) is 5.52. The molecule has 0 unspecified atom stereocenters. The third-order valence-corrected chi connectivity index (χ3v) is 7.52. The van der Waals surface area contributed by atoms with Gasteiger partial charge < -0.3 is 9.64 Å². The minimum atomic E-state index is -0.0236. The number of methoxy groups -OCH3 is 1. The lowest BCUT2D eigenvalue weighted by Gasteiger charge is -2.30. The van der Waals surface area contributed by atoms with Gasteiger partial charge >= 0.3 is 0 Å². The van der Waals surface area contributed by atoms with E-state index >= 15 is 0 Å². The van der Waals surface area contributed by atoms with Gasteiger partial charge in [0.25, 0.3) is 5.91 Å². The molecule has 9 heteroatoms. The highest BCUT2D eigenvalue weighted by atomic mass is 32.1. The normalized spacial score (nSPS) is 14.7. The maximum atomic E-state index is 12.9. The van der Waals surface area contributed by atoms with Crippen molar-refractivity contribution in [3.63, 3.8) is 0 Å². The molecule has 4 heterocycles. The predicted molar refractivity (Wildman–Crippen MR) is 122 cm³/mol. The van der Waals surface area contributed by atoms with E-state index in [9.17, 15) is 4.79 Å². The molecule has 4 aromatic rings. The van der Waals surface area contributed by atoms with Crippen molar-refractivity contribution in [2.45, 2.75) is 18.8 Å². The first-order chi connectivity index (χ1) is 15.2. The van der Waals surface area contributed by atoms with Gasteiger partial charge in [-0.05, 0) is 42.5 Å². The fourth-order valence-electron chi connectivity index (χ4n) is 3.81. The van der Waals surface area contributed by atoms with Crippen molar-refractivity contribution in [1.82, 2.24) is 25.3 Å². The summed E-state index contributed by atoms with van der Waals surface area (Å²) >= 11 is 3.23. The Hall–Kier alpha value is -3.04. The molecule has 1 N–H and O–H groups in total. The predicted octanol–water partition coefficient (Wildman–Crippen LogP) is 4.69.